The van der Waals surface area contributed by atoms with Crippen LogP contribution in [0.1, 0.15) is 5.56 Å². The van der Waals surface area contributed by atoms with Gasteiger partial charge in [0.05, 0.1) is 17.6 Å². The summed E-state index contributed by atoms with van der Waals surface area (Å²) in [6.45, 7) is 2.62. The first-order chi connectivity index (χ1) is 14.2. The van der Waals surface area contributed by atoms with E-state index in [1.807, 2.05) is 42.5 Å². The number of hydrogen-bond acceptors (Lipinski definition) is 4. The summed E-state index contributed by atoms with van der Waals surface area (Å²) < 4.78 is 10.5. The van der Waals surface area contributed by atoms with Crippen LogP contribution in [0.5, 0.6) is 5.75 Å². The summed E-state index contributed by atoms with van der Waals surface area (Å²) in [6.07, 6.45) is 4.06. The maximum absolute atomic E-state index is 12.6. The highest BCUT2D eigenvalue weighted by Crippen LogP contribution is 2.22. The minimum atomic E-state index is 0.0501. The van der Waals surface area contributed by atoms with Gasteiger partial charge in [-0.2, -0.15) is 0 Å². The van der Waals surface area contributed by atoms with Crippen molar-refractivity contribution in [3.63, 3.8) is 0 Å². The van der Waals surface area contributed by atoms with Crippen LogP contribution in [0.4, 0.5) is 0 Å². The molecular formula is C22H18ClN3O2S. The number of para-hydroxylation sites is 1. The molecule has 0 saturated heterocycles. The average molecular weight is 424 g/mol. The van der Waals surface area contributed by atoms with Crippen LogP contribution in [-0.4, -0.2) is 22.3 Å². The number of nitrogens with zero attached hydrogens (tertiary/aromatic N) is 3. The Morgan fingerprint density at radius 1 is 1.17 bits per heavy atom. The van der Waals surface area contributed by atoms with Gasteiger partial charge in [-0.3, -0.25) is 14.4 Å². The molecule has 0 saturated carbocycles. The smallest absolute Gasteiger partial charge is 0.270 e. The fraction of sp³-hybridized carbons (Fsp3) is 0.182. The average Bonchev–Trinajstić information content (AvgIpc) is 3.41. The van der Waals surface area contributed by atoms with Crippen LogP contribution in [0, 0.1) is 0 Å². The zero-order chi connectivity index (χ0) is 19.8. The molecule has 7 heteroatoms. The Morgan fingerprint density at radius 3 is 2.83 bits per heavy atom. The molecule has 2 aromatic heterocycles. The molecule has 0 atom stereocenters. The number of benzene rings is 2. The van der Waals surface area contributed by atoms with E-state index in [1.54, 1.807) is 4.57 Å². The highest BCUT2D eigenvalue weighted by atomic mass is 35.5. The van der Waals surface area contributed by atoms with Gasteiger partial charge in [0.1, 0.15) is 12.4 Å². The van der Waals surface area contributed by atoms with E-state index in [0.29, 0.717) is 31.3 Å². The fourth-order valence-corrected chi connectivity index (χ4v) is 4.72. The Bertz CT molecular complexity index is 1370. The lowest BCUT2D eigenvalue weighted by Gasteiger charge is -2.08. The van der Waals surface area contributed by atoms with Crippen molar-refractivity contribution >= 4 is 39.9 Å². The van der Waals surface area contributed by atoms with Gasteiger partial charge in [0.2, 0.25) is 0 Å². The molecule has 0 N–H and O–H groups in total. The molecule has 0 radical (unpaired) electrons. The van der Waals surface area contributed by atoms with Gasteiger partial charge in [-0.15, -0.1) is 0 Å². The number of aromatic nitrogens is 2. The lowest BCUT2D eigenvalue weighted by Crippen LogP contribution is -2.29. The molecule has 0 spiro atoms. The molecule has 0 bridgehead atoms. The summed E-state index contributed by atoms with van der Waals surface area (Å²) in [5.74, 6) is 0.794. The topological polar surface area (TPSA) is 48.5 Å². The van der Waals surface area contributed by atoms with Crippen molar-refractivity contribution in [2.45, 2.75) is 13.1 Å². The molecule has 3 heterocycles. The Kier molecular flexibility index (Phi) is 4.73. The maximum Gasteiger partial charge on any atom is 0.270 e. The second kappa shape index (κ2) is 7.54. The van der Waals surface area contributed by atoms with Crippen molar-refractivity contribution in [1.82, 2.24) is 9.13 Å². The number of fused-ring (bicyclic) bond motifs is 2. The van der Waals surface area contributed by atoms with Crippen molar-refractivity contribution < 1.29 is 4.74 Å². The van der Waals surface area contributed by atoms with Crippen LogP contribution in [0.3, 0.4) is 0 Å². The summed E-state index contributed by atoms with van der Waals surface area (Å²) >= 11 is 7.38. The van der Waals surface area contributed by atoms with Crippen molar-refractivity contribution in [2.24, 2.45) is 4.99 Å². The minimum absolute atomic E-state index is 0.0501. The highest BCUT2D eigenvalue weighted by Gasteiger charge is 2.11. The molecule has 29 heavy (non-hydrogen) atoms. The summed E-state index contributed by atoms with van der Waals surface area (Å²) in [4.78, 5) is 17.8. The van der Waals surface area contributed by atoms with Gasteiger partial charge in [-0.1, -0.05) is 41.1 Å². The fourth-order valence-electron chi connectivity index (χ4n) is 3.58. The molecular weight excluding hydrogens is 406 g/mol. The Hall–Kier alpha value is -2.83. The van der Waals surface area contributed by atoms with Crippen LogP contribution in [0.25, 0.3) is 17.0 Å². The standard InChI is InChI=1S/C22H18ClN3O2S/c23-16-5-7-17(8-6-16)28-12-11-25-14-15(18-3-1-2-4-19(18)25)13-20-21(27)26-10-9-24-22(26)29-20/h1-8,13-14H,9-12H2/b20-13+. The molecule has 1 aliphatic heterocycles. The van der Waals surface area contributed by atoms with Crippen LogP contribution in [0.15, 0.2) is 64.5 Å². The Balaban J connectivity index is 1.46. The predicted molar refractivity (Wildman–Crippen MR) is 117 cm³/mol. The van der Waals surface area contributed by atoms with E-state index in [2.05, 4.69) is 27.9 Å². The summed E-state index contributed by atoms with van der Waals surface area (Å²) in [5, 5.41) is 1.81. The van der Waals surface area contributed by atoms with E-state index >= 15 is 0 Å². The van der Waals surface area contributed by atoms with Crippen molar-refractivity contribution in [2.75, 3.05) is 13.2 Å². The molecule has 0 amide bonds. The van der Waals surface area contributed by atoms with Gasteiger partial charge >= 0.3 is 0 Å². The Labute approximate surface area is 175 Å². The number of hydrogen-bond donors (Lipinski definition) is 0. The van der Waals surface area contributed by atoms with Crippen LogP contribution < -0.4 is 19.6 Å². The quantitative estimate of drug-likeness (QED) is 0.495. The molecule has 0 fully saturated rings. The van der Waals surface area contributed by atoms with Gasteiger partial charge < -0.3 is 9.30 Å². The second-order valence-electron chi connectivity index (χ2n) is 6.83. The monoisotopic (exact) mass is 423 g/mol. The minimum Gasteiger partial charge on any atom is -0.492 e. The highest BCUT2D eigenvalue weighted by molar-refractivity contribution is 7.07. The van der Waals surface area contributed by atoms with E-state index in [1.165, 1.54) is 11.3 Å². The van der Waals surface area contributed by atoms with Gasteiger partial charge in [0.25, 0.3) is 5.56 Å². The lowest BCUT2D eigenvalue weighted by molar-refractivity contribution is 0.300. The molecule has 4 aromatic rings. The van der Waals surface area contributed by atoms with Gasteiger partial charge in [-0.25, -0.2) is 0 Å². The van der Waals surface area contributed by atoms with Crippen molar-refractivity contribution in [3.8, 4) is 5.75 Å². The van der Waals surface area contributed by atoms with Crippen molar-refractivity contribution in [1.29, 1.82) is 0 Å². The second-order valence-corrected chi connectivity index (χ2v) is 8.27. The first kappa shape index (κ1) is 18.2. The van der Waals surface area contributed by atoms with Gasteiger partial charge in [0, 0.05) is 34.2 Å². The molecule has 1 aliphatic rings. The molecule has 146 valence electrons. The van der Waals surface area contributed by atoms with E-state index in [4.69, 9.17) is 16.3 Å². The van der Waals surface area contributed by atoms with E-state index in [-0.39, 0.29) is 5.56 Å². The molecule has 2 aromatic carbocycles. The molecule has 5 rings (SSSR count). The zero-order valence-electron chi connectivity index (χ0n) is 15.5. The Morgan fingerprint density at radius 2 is 2.00 bits per heavy atom. The first-order valence-electron chi connectivity index (χ1n) is 9.41. The van der Waals surface area contributed by atoms with Crippen molar-refractivity contribution in [3.05, 3.63) is 85.0 Å². The number of halogens is 1. The van der Waals surface area contributed by atoms with Crippen LogP contribution in [0.2, 0.25) is 5.02 Å². The van der Waals surface area contributed by atoms with E-state index in [0.717, 1.165) is 31.5 Å². The summed E-state index contributed by atoms with van der Waals surface area (Å²) in [7, 11) is 0. The third-order valence-electron chi connectivity index (χ3n) is 4.98. The number of rotatable bonds is 5. The first-order valence-corrected chi connectivity index (χ1v) is 10.6. The SMILES string of the molecule is O=c1/c(=C\c2cn(CCOc3ccc(Cl)cc3)c3ccccc23)sc2n1CCN=2. The molecule has 0 aliphatic carbocycles. The summed E-state index contributed by atoms with van der Waals surface area (Å²) in [5.41, 5.74) is 2.20. The van der Waals surface area contributed by atoms with Crippen LogP contribution in [-0.2, 0) is 13.1 Å². The number of ether oxygens (including phenoxy) is 1. The zero-order valence-corrected chi connectivity index (χ0v) is 17.1. The van der Waals surface area contributed by atoms with Gasteiger partial charge in [0.15, 0.2) is 4.80 Å². The third kappa shape index (κ3) is 3.50. The third-order valence-corrected chi connectivity index (χ3v) is 6.28. The molecule has 0 unspecified atom stereocenters. The van der Waals surface area contributed by atoms with E-state index < -0.39 is 0 Å². The maximum atomic E-state index is 12.6. The van der Waals surface area contributed by atoms with Gasteiger partial charge in [-0.05, 0) is 36.4 Å². The number of thiazole rings is 1. The van der Waals surface area contributed by atoms with Crippen LogP contribution >= 0.6 is 22.9 Å². The predicted octanol–water partition coefficient (Wildman–Crippen LogP) is 3.06. The largest absolute Gasteiger partial charge is 0.492 e. The molecule has 5 nitrogen and oxygen atoms in total. The summed E-state index contributed by atoms with van der Waals surface area (Å²) in [6, 6.07) is 15.6. The normalized spacial score (nSPS) is 13.6. The lowest BCUT2D eigenvalue weighted by atomic mass is 10.2. The van der Waals surface area contributed by atoms with E-state index in [9.17, 15) is 4.79 Å².